The second-order valence-corrected chi connectivity index (χ2v) is 3.08. The lowest BCUT2D eigenvalue weighted by Crippen LogP contribution is -2.10. The summed E-state index contributed by atoms with van der Waals surface area (Å²) in [5, 5.41) is 0.181. The number of rotatable bonds is 0. The zero-order valence-electron chi connectivity index (χ0n) is 7.40. The maximum atomic E-state index is 13.4. The summed E-state index contributed by atoms with van der Waals surface area (Å²) in [6.07, 6.45) is 0. The third-order valence-electron chi connectivity index (χ3n) is 2.09. The van der Waals surface area contributed by atoms with E-state index in [4.69, 9.17) is 0 Å². The Kier molecular flexibility index (Phi) is 1.84. The summed E-state index contributed by atoms with van der Waals surface area (Å²) in [6, 6.07) is 3.42. The lowest BCUT2D eigenvalue weighted by atomic mass is 10.1. The lowest BCUT2D eigenvalue weighted by molar-refractivity contribution is 0.617. The van der Waals surface area contributed by atoms with Gasteiger partial charge in [0.2, 0.25) is 0 Å². The number of aromatic amines is 1. The van der Waals surface area contributed by atoms with Gasteiger partial charge >= 0.3 is 0 Å². The van der Waals surface area contributed by atoms with E-state index in [0.29, 0.717) is 0 Å². The van der Waals surface area contributed by atoms with Gasteiger partial charge in [-0.25, -0.2) is 8.78 Å². The molecule has 0 aliphatic carbocycles. The number of pyridine rings is 1. The van der Waals surface area contributed by atoms with Crippen molar-refractivity contribution in [1.82, 2.24) is 4.98 Å². The first-order chi connectivity index (χ1) is 6.59. The van der Waals surface area contributed by atoms with Gasteiger partial charge in [-0.3, -0.25) is 4.79 Å². The van der Waals surface area contributed by atoms with Crippen LogP contribution in [0.15, 0.2) is 23.0 Å². The fraction of sp³-hybridized carbons (Fsp3) is 0.100. The summed E-state index contributed by atoms with van der Waals surface area (Å²) >= 11 is 0. The van der Waals surface area contributed by atoms with Gasteiger partial charge in [-0.05, 0) is 25.1 Å². The van der Waals surface area contributed by atoms with E-state index in [9.17, 15) is 13.6 Å². The number of benzene rings is 1. The van der Waals surface area contributed by atoms with E-state index < -0.39 is 17.2 Å². The van der Waals surface area contributed by atoms with E-state index >= 15 is 0 Å². The SMILES string of the molecule is Cc1[nH]c(=O)c2cc(F)ccc2c1F. The molecular weight excluding hydrogens is 188 g/mol. The Hall–Kier alpha value is -1.71. The molecule has 0 fully saturated rings. The van der Waals surface area contributed by atoms with Crippen molar-refractivity contribution in [3.63, 3.8) is 0 Å². The fourth-order valence-electron chi connectivity index (χ4n) is 1.39. The second kappa shape index (κ2) is 2.90. The summed E-state index contributed by atoms with van der Waals surface area (Å²) in [5.41, 5.74) is -0.312. The first-order valence-corrected chi connectivity index (χ1v) is 4.07. The normalized spacial score (nSPS) is 10.8. The van der Waals surface area contributed by atoms with Gasteiger partial charge in [-0.1, -0.05) is 0 Å². The second-order valence-electron chi connectivity index (χ2n) is 3.08. The summed E-state index contributed by atoms with van der Waals surface area (Å²) in [5.74, 6) is -1.06. The molecule has 2 aromatic rings. The predicted molar refractivity (Wildman–Crippen MR) is 49.2 cm³/mol. The molecule has 14 heavy (non-hydrogen) atoms. The molecule has 0 saturated carbocycles. The highest BCUT2D eigenvalue weighted by atomic mass is 19.1. The summed E-state index contributed by atoms with van der Waals surface area (Å²) < 4.78 is 26.2. The van der Waals surface area contributed by atoms with Crippen molar-refractivity contribution in [2.24, 2.45) is 0 Å². The van der Waals surface area contributed by atoms with Crippen LogP contribution in [0.3, 0.4) is 0 Å². The Balaban J connectivity index is 3.02. The lowest BCUT2D eigenvalue weighted by Gasteiger charge is -2.01. The molecule has 1 heterocycles. The van der Waals surface area contributed by atoms with E-state index in [-0.39, 0.29) is 16.5 Å². The maximum Gasteiger partial charge on any atom is 0.256 e. The van der Waals surface area contributed by atoms with Gasteiger partial charge < -0.3 is 4.98 Å². The molecule has 72 valence electrons. The molecule has 0 atom stereocenters. The average molecular weight is 195 g/mol. The molecule has 0 spiro atoms. The number of fused-ring (bicyclic) bond motifs is 1. The Morgan fingerprint density at radius 1 is 1.21 bits per heavy atom. The van der Waals surface area contributed by atoms with Crippen molar-refractivity contribution in [2.75, 3.05) is 0 Å². The van der Waals surface area contributed by atoms with Crippen LogP contribution in [0.1, 0.15) is 5.69 Å². The smallest absolute Gasteiger partial charge is 0.256 e. The van der Waals surface area contributed by atoms with Gasteiger partial charge in [-0.2, -0.15) is 0 Å². The zero-order chi connectivity index (χ0) is 10.3. The van der Waals surface area contributed by atoms with Crippen LogP contribution in [0.4, 0.5) is 8.78 Å². The van der Waals surface area contributed by atoms with Crippen LogP contribution in [0.25, 0.3) is 10.8 Å². The quantitative estimate of drug-likeness (QED) is 0.686. The molecule has 1 N–H and O–H groups in total. The van der Waals surface area contributed by atoms with Crippen molar-refractivity contribution in [2.45, 2.75) is 6.92 Å². The number of aromatic nitrogens is 1. The third kappa shape index (κ3) is 1.19. The number of hydrogen-bond acceptors (Lipinski definition) is 1. The number of nitrogens with one attached hydrogen (secondary N) is 1. The Bertz CT molecular complexity index is 560. The molecule has 0 unspecified atom stereocenters. The van der Waals surface area contributed by atoms with Crippen molar-refractivity contribution < 1.29 is 8.78 Å². The fourth-order valence-corrected chi connectivity index (χ4v) is 1.39. The van der Waals surface area contributed by atoms with Crippen molar-refractivity contribution in [3.05, 3.63) is 45.9 Å². The zero-order valence-corrected chi connectivity index (χ0v) is 7.40. The largest absolute Gasteiger partial charge is 0.323 e. The first kappa shape index (κ1) is 8.87. The van der Waals surface area contributed by atoms with Gasteiger partial charge in [-0.15, -0.1) is 0 Å². The van der Waals surface area contributed by atoms with E-state index in [1.54, 1.807) is 0 Å². The highest BCUT2D eigenvalue weighted by Gasteiger charge is 2.08. The monoisotopic (exact) mass is 195 g/mol. The average Bonchev–Trinajstić information content (AvgIpc) is 2.14. The predicted octanol–water partition coefficient (Wildman–Crippen LogP) is 2.11. The minimum Gasteiger partial charge on any atom is -0.323 e. The summed E-state index contributed by atoms with van der Waals surface area (Å²) in [7, 11) is 0. The van der Waals surface area contributed by atoms with Crippen LogP contribution in [0.2, 0.25) is 0 Å². The van der Waals surface area contributed by atoms with Crippen LogP contribution < -0.4 is 5.56 Å². The van der Waals surface area contributed by atoms with E-state index in [1.807, 2.05) is 0 Å². The van der Waals surface area contributed by atoms with Crippen molar-refractivity contribution in [3.8, 4) is 0 Å². The van der Waals surface area contributed by atoms with E-state index in [2.05, 4.69) is 4.98 Å². The summed E-state index contributed by atoms with van der Waals surface area (Å²) in [6.45, 7) is 1.46. The Morgan fingerprint density at radius 3 is 2.64 bits per heavy atom. The molecule has 2 nitrogen and oxygen atoms in total. The van der Waals surface area contributed by atoms with Crippen LogP contribution in [0, 0.1) is 18.6 Å². The highest BCUT2D eigenvalue weighted by molar-refractivity contribution is 5.82. The van der Waals surface area contributed by atoms with Crippen LogP contribution in [-0.2, 0) is 0 Å². The van der Waals surface area contributed by atoms with Gasteiger partial charge in [0.15, 0.2) is 0 Å². The van der Waals surface area contributed by atoms with Crippen LogP contribution in [-0.4, -0.2) is 4.98 Å². The molecule has 2 rings (SSSR count). The molecule has 0 saturated heterocycles. The molecule has 0 aliphatic heterocycles. The van der Waals surface area contributed by atoms with Crippen LogP contribution in [0.5, 0.6) is 0 Å². The number of halogens is 2. The number of H-pyrrole nitrogens is 1. The number of aryl methyl sites for hydroxylation is 1. The van der Waals surface area contributed by atoms with Gasteiger partial charge in [0.1, 0.15) is 11.6 Å². The van der Waals surface area contributed by atoms with Crippen LogP contribution >= 0.6 is 0 Å². The highest BCUT2D eigenvalue weighted by Crippen LogP contribution is 2.16. The molecule has 0 amide bonds. The number of hydrogen-bond donors (Lipinski definition) is 1. The van der Waals surface area contributed by atoms with E-state index in [1.165, 1.54) is 13.0 Å². The summed E-state index contributed by atoms with van der Waals surface area (Å²) in [4.78, 5) is 13.6. The first-order valence-electron chi connectivity index (χ1n) is 4.07. The standard InChI is InChI=1S/C10H7F2NO/c1-5-9(12)7-3-2-6(11)4-8(7)10(14)13-5/h2-4H,1H3,(H,13,14). The van der Waals surface area contributed by atoms with E-state index in [0.717, 1.165) is 12.1 Å². The molecule has 1 aromatic heterocycles. The van der Waals surface area contributed by atoms with Gasteiger partial charge in [0.05, 0.1) is 11.1 Å². The molecule has 1 aromatic carbocycles. The molecule has 0 radical (unpaired) electrons. The maximum absolute atomic E-state index is 13.4. The van der Waals surface area contributed by atoms with Gasteiger partial charge in [0, 0.05) is 5.39 Å². The van der Waals surface area contributed by atoms with Crippen molar-refractivity contribution >= 4 is 10.8 Å². The van der Waals surface area contributed by atoms with Crippen molar-refractivity contribution in [1.29, 1.82) is 0 Å². The molecule has 0 aliphatic rings. The van der Waals surface area contributed by atoms with Gasteiger partial charge in [0.25, 0.3) is 5.56 Å². The minimum atomic E-state index is -0.550. The third-order valence-corrected chi connectivity index (χ3v) is 2.09. The molecular formula is C10H7F2NO. The Labute approximate surface area is 78.2 Å². The topological polar surface area (TPSA) is 32.9 Å². The molecule has 4 heteroatoms. The Morgan fingerprint density at radius 2 is 1.93 bits per heavy atom. The molecule has 0 bridgehead atoms. The minimum absolute atomic E-state index is 0.0353.